The average molecular weight is 359 g/mol. The lowest BCUT2D eigenvalue weighted by molar-refractivity contribution is -0.123. The normalized spacial score (nSPS) is 22.6. The molecule has 0 unspecified atom stereocenters. The van der Waals surface area contributed by atoms with Gasteiger partial charge in [-0.3, -0.25) is 14.7 Å². The summed E-state index contributed by atoms with van der Waals surface area (Å²) >= 11 is 1.51. The van der Waals surface area contributed by atoms with Crippen LogP contribution >= 0.6 is 11.8 Å². The van der Waals surface area contributed by atoms with E-state index in [-0.39, 0.29) is 5.91 Å². The highest BCUT2D eigenvalue weighted by Gasteiger charge is 2.37. The number of hydrogen-bond donors (Lipinski definition) is 0. The number of ether oxygens (including phenoxy) is 1. The zero-order chi connectivity index (χ0) is 17.6. The Kier molecular flexibility index (Phi) is 6.19. The molecule has 1 saturated heterocycles. The Balaban J connectivity index is 1.85. The fraction of sp³-hybridized carbons (Fsp3) is 0.500. The Labute approximate surface area is 154 Å². The summed E-state index contributed by atoms with van der Waals surface area (Å²) in [4.78, 5) is 20.4. The maximum atomic E-state index is 13.1. The van der Waals surface area contributed by atoms with E-state index in [0.717, 1.165) is 34.2 Å². The zero-order valence-corrected chi connectivity index (χ0v) is 15.8. The molecule has 3 rings (SSSR count). The number of hydrogen-bond acceptors (Lipinski definition) is 4. The molecule has 1 aliphatic carbocycles. The molecule has 1 aromatic carbocycles. The summed E-state index contributed by atoms with van der Waals surface area (Å²) < 4.78 is 5.20. The summed E-state index contributed by atoms with van der Waals surface area (Å²) in [6.07, 6.45) is 9.11. The first kappa shape index (κ1) is 18.1. The number of rotatable bonds is 4. The fourth-order valence-corrected chi connectivity index (χ4v) is 4.52. The Morgan fingerprint density at radius 1 is 1.20 bits per heavy atom. The average Bonchev–Trinajstić information content (AvgIpc) is 2.82. The Bertz CT molecular complexity index is 659. The minimum atomic E-state index is 0.111. The number of carbonyl (C=O) groups excluding carboxylic acids is 1. The quantitative estimate of drug-likeness (QED) is 0.578. The van der Waals surface area contributed by atoms with Crippen molar-refractivity contribution in [3.63, 3.8) is 0 Å². The van der Waals surface area contributed by atoms with E-state index in [0.29, 0.717) is 12.6 Å². The van der Waals surface area contributed by atoms with E-state index < -0.39 is 0 Å². The number of aliphatic imine (C=N–C) groups is 1. The molecule has 4 nitrogen and oxygen atoms in total. The Hall–Kier alpha value is -1.75. The van der Waals surface area contributed by atoms with Crippen LogP contribution in [0, 0.1) is 0 Å². The minimum Gasteiger partial charge on any atom is -0.497 e. The molecule has 25 heavy (non-hydrogen) atoms. The number of thioether (sulfide) groups is 1. The third-order valence-corrected chi connectivity index (χ3v) is 5.75. The smallest absolute Gasteiger partial charge is 0.266 e. The highest BCUT2D eigenvalue weighted by atomic mass is 32.2. The summed E-state index contributed by atoms with van der Waals surface area (Å²) in [6, 6.07) is 8.09. The summed E-state index contributed by atoms with van der Waals surface area (Å²) in [5.41, 5.74) is 1.01. The molecule has 0 radical (unpaired) electrons. The first-order chi connectivity index (χ1) is 12.2. The van der Waals surface area contributed by atoms with Gasteiger partial charge < -0.3 is 4.74 Å². The monoisotopic (exact) mass is 358 g/mol. The van der Waals surface area contributed by atoms with Crippen LogP contribution in [0.3, 0.4) is 0 Å². The highest BCUT2D eigenvalue weighted by Crippen LogP contribution is 2.37. The van der Waals surface area contributed by atoms with Crippen LogP contribution in [0.2, 0.25) is 0 Å². The van der Waals surface area contributed by atoms with Gasteiger partial charge in [-0.15, -0.1) is 0 Å². The third-order valence-electron chi connectivity index (χ3n) is 4.73. The molecular weight excluding hydrogens is 332 g/mol. The number of amides is 1. The van der Waals surface area contributed by atoms with Gasteiger partial charge in [0.05, 0.1) is 12.0 Å². The van der Waals surface area contributed by atoms with Crippen molar-refractivity contribution in [1.82, 2.24) is 4.90 Å². The van der Waals surface area contributed by atoms with E-state index in [4.69, 9.17) is 4.74 Å². The minimum absolute atomic E-state index is 0.111. The van der Waals surface area contributed by atoms with Crippen molar-refractivity contribution >= 4 is 28.9 Å². The molecule has 0 spiro atoms. The van der Waals surface area contributed by atoms with Crippen LogP contribution in [-0.2, 0) is 4.79 Å². The van der Waals surface area contributed by atoms with Gasteiger partial charge in [0, 0.05) is 12.6 Å². The second-order valence-corrected chi connectivity index (χ2v) is 7.47. The van der Waals surface area contributed by atoms with Gasteiger partial charge in [0.2, 0.25) is 0 Å². The summed E-state index contributed by atoms with van der Waals surface area (Å²) in [6.45, 7) is 2.73. The van der Waals surface area contributed by atoms with Gasteiger partial charge in [-0.2, -0.15) is 0 Å². The number of nitrogens with zero attached hydrogens (tertiary/aromatic N) is 2. The van der Waals surface area contributed by atoms with Crippen LogP contribution in [0.1, 0.15) is 51.0 Å². The van der Waals surface area contributed by atoms with Gasteiger partial charge in [0.25, 0.3) is 5.91 Å². The van der Waals surface area contributed by atoms with Gasteiger partial charge in [-0.05, 0) is 55.3 Å². The van der Waals surface area contributed by atoms with Crippen molar-refractivity contribution in [1.29, 1.82) is 0 Å². The maximum absolute atomic E-state index is 13.1. The first-order valence-corrected chi connectivity index (χ1v) is 9.96. The summed E-state index contributed by atoms with van der Waals surface area (Å²) in [7, 11) is 1.65. The lowest BCUT2D eigenvalue weighted by atomic mass is 10.1. The SMILES string of the molecule is CCN=C1S/C(=C/c2ccc(OC)cc2)C(=O)N1C1CCCCCC1. The lowest BCUT2D eigenvalue weighted by Crippen LogP contribution is -2.39. The molecule has 1 aliphatic heterocycles. The van der Waals surface area contributed by atoms with Crippen molar-refractivity contribution < 1.29 is 9.53 Å². The van der Waals surface area contributed by atoms with E-state index >= 15 is 0 Å². The molecule has 0 atom stereocenters. The van der Waals surface area contributed by atoms with E-state index in [1.165, 1.54) is 37.4 Å². The fourth-order valence-electron chi connectivity index (χ4n) is 3.42. The molecule has 1 saturated carbocycles. The second kappa shape index (κ2) is 8.56. The molecule has 1 aromatic rings. The van der Waals surface area contributed by atoms with Gasteiger partial charge in [-0.1, -0.05) is 37.8 Å². The Morgan fingerprint density at radius 2 is 1.88 bits per heavy atom. The van der Waals surface area contributed by atoms with E-state index in [9.17, 15) is 4.79 Å². The van der Waals surface area contributed by atoms with Gasteiger partial charge in [0.15, 0.2) is 5.17 Å². The molecule has 0 aromatic heterocycles. The predicted molar refractivity (Wildman–Crippen MR) is 105 cm³/mol. The molecule has 5 heteroatoms. The van der Waals surface area contributed by atoms with Crippen molar-refractivity contribution in [2.75, 3.05) is 13.7 Å². The molecule has 134 valence electrons. The third kappa shape index (κ3) is 4.27. The molecular formula is C20H26N2O2S. The number of methoxy groups -OCH3 is 1. The zero-order valence-electron chi connectivity index (χ0n) is 15.0. The van der Waals surface area contributed by atoms with Crippen LogP contribution in [0.15, 0.2) is 34.2 Å². The molecule has 2 aliphatic rings. The Morgan fingerprint density at radius 3 is 2.48 bits per heavy atom. The standard InChI is InChI=1S/C20H26N2O2S/c1-3-21-20-22(16-8-6-4-5-7-9-16)19(23)18(25-20)14-15-10-12-17(24-2)13-11-15/h10-14,16H,3-9H2,1-2H3/b18-14+,21-20?. The number of benzene rings is 1. The van der Waals surface area contributed by atoms with Gasteiger partial charge in [0.1, 0.15) is 5.75 Å². The number of amidine groups is 1. The van der Waals surface area contributed by atoms with Gasteiger partial charge >= 0.3 is 0 Å². The highest BCUT2D eigenvalue weighted by molar-refractivity contribution is 8.18. The van der Waals surface area contributed by atoms with Crippen LogP contribution in [0.5, 0.6) is 5.75 Å². The van der Waals surface area contributed by atoms with E-state index in [2.05, 4.69) is 4.99 Å². The van der Waals surface area contributed by atoms with Crippen LogP contribution in [-0.4, -0.2) is 35.7 Å². The maximum Gasteiger partial charge on any atom is 0.266 e. The van der Waals surface area contributed by atoms with Crippen LogP contribution in [0.4, 0.5) is 0 Å². The molecule has 2 fully saturated rings. The van der Waals surface area contributed by atoms with Crippen molar-refractivity contribution in [2.24, 2.45) is 4.99 Å². The summed E-state index contributed by atoms with van der Waals surface area (Å²) in [5, 5.41) is 0.874. The predicted octanol–water partition coefficient (Wildman–Crippen LogP) is 4.71. The molecule has 0 bridgehead atoms. The first-order valence-electron chi connectivity index (χ1n) is 9.14. The van der Waals surface area contributed by atoms with Crippen molar-refractivity contribution in [3.8, 4) is 5.75 Å². The number of carbonyl (C=O) groups is 1. The van der Waals surface area contributed by atoms with Crippen molar-refractivity contribution in [3.05, 3.63) is 34.7 Å². The molecule has 1 heterocycles. The van der Waals surface area contributed by atoms with E-state index in [1.54, 1.807) is 7.11 Å². The van der Waals surface area contributed by atoms with E-state index in [1.807, 2.05) is 42.2 Å². The van der Waals surface area contributed by atoms with Crippen LogP contribution in [0.25, 0.3) is 6.08 Å². The lowest BCUT2D eigenvalue weighted by Gasteiger charge is -2.26. The van der Waals surface area contributed by atoms with Crippen LogP contribution < -0.4 is 4.74 Å². The van der Waals surface area contributed by atoms with Crippen molar-refractivity contribution in [2.45, 2.75) is 51.5 Å². The second-order valence-electron chi connectivity index (χ2n) is 6.46. The van der Waals surface area contributed by atoms with Gasteiger partial charge in [-0.25, -0.2) is 0 Å². The molecule has 1 amide bonds. The topological polar surface area (TPSA) is 41.9 Å². The summed E-state index contributed by atoms with van der Waals surface area (Å²) in [5.74, 6) is 0.931. The largest absolute Gasteiger partial charge is 0.497 e. The molecule has 0 N–H and O–H groups in total.